The summed E-state index contributed by atoms with van der Waals surface area (Å²) in [6.07, 6.45) is 1.44. The Morgan fingerprint density at radius 2 is 2.05 bits per heavy atom. The molecule has 0 saturated carbocycles. The number of rotatable bonds is 5. The van der Waals surface area contributed by atoms with Crippen LogP contribution in [0, 0.1) is 0 Å². The molecule has 2 amide bonds. The lowest BCUT2D eigenvalue weighted by atomic mass is 10.2. The molecule has 1 aromatic heterocycles. The van der Waals surface area contributed by atoms with Crippen LogP contribution < -0.4 is 4.72 Å². The highest BCUT2D eigenvalue weighted by molar-refractivity contribution is 7.89. The van der Waals surface area contributed by atoms with Gasteiger partial charge < -0.3 is 0 Å². The smallest absolute Gasteiger partial charge is 0.272 e. The second-order valence-corrected chi connectivity index (χ2v) is 6.05. The first-order valence-corrected chi connectivity index (χ1v) is 7.40. The van der Waals surface area contributed by atoms with Crippen LogP contribution in [0.1, 0.15) is 27.8 Å². The fourth-order valence-corrected chi connectivity index (χ4v) is 2.34. The third-order valence-electron chi connectivity index (χ3n) is 2.77. The molecule has 0 aliphatic carbocycles. The van der Waals surface area contributed by atoms with Crippen molar-refractivity contribution in [2.75, 3.05) is 18.8 Å². The summed E-state index contributed by atoms with van der Waals surface area (Å²) in [6.45, 7) is 1.50. The van der Waals surface area contributed by atoms with Gasteiger partial charge in [0.1, 0.15) is 5.69 Å². The zero-order valence-electron chi connectivity index (χ0n) is 10.3. The molecule has 0 bridgehead atoms. The van der Waals surface area contributed by atoms with E-state index in [0.29, 0.717) is 0 Å². The molecule has 0 spiro atoms. The van der Waals surface area contributed by atoms with Crippen LogP contribution in [0.25, 0.3) is 0 Å². The molecule has 8 heteroatoms. The molecule has 1 aromatic rings. The van der Waals surface area contributed by atoms with E-state index in [0.717, 1.165) is 4.90 Å². The molecule has 7 nitrogen and oxygen atoms in total. The summed E-state index contributed by atoms with van der Waals surface area (Å²) >= 11 is 0. The van der Waals surface area contributed by atoms with Crippen molar-refractivity contribution in [3.05, 3.63) is 29.6 Å². The third kappa shape index (κ3) is 2.64. The highest BCUT2D eigenvalue weighted by Gasteiger charge is 2.36. The van der Waals surface area contributed by atoms with Crippen molar-refractivity contribution < 1.29 is 18.0 Å². The lowest BCUT2D eigenvalue weighted by Gasteiger charge is -2.13. The van der Waals surface area contributed by atoms with Gasteiger partial charge in [0.15, 0.2) is 0 Å². The summed E-state index contributed by atoms with van der Waals surface area (Å²) in [5.41, 5.74) is 0.372. The van der Waals surface area contributed by atoms with E-state index < -0.39 is 21.8 Å². The number of imide groups is 1. The zero-order valence-corrected chi connectivity index (χ0v) is 11.1. The fraction of sp³-hybridized carbons (Fsp3) is 0.364. The van der Waals surface area contributed by atoms with Crippen molar-refractivity contribution in [1.82, 2.24) is 14.6 Å². The van der Waals surface area contributed by atoms with Gasteiger partial charge in [-0.1, -0.05) is 0 Å². The Morgan fingerprint density at radius 1 is 1.32 bits per heavy atom. The number of carbonyl (C=O) groups is 2. The average Bonchev–Trinajstić information content (AvgIpc) is 2.64. The maximum absolute atomic E-state index is 11.9. The predicted octanol–water partition coefficient (Wildman–Crippen LogP) is -0.383. The molecule has 1 aliphatic heterocycles. The Bertz CT molecular complexity index is 592. The Balaban J connectivity index is 2.05. The SMILES string of the molecule is CCS(=O)(=O)NCCN1C(=O)c2cccnc2C1=O. The molecule has 102 valence electrons. The predicted molar refractivity (Wildman–Crippen MR) is 67.1 cm³/mol. The van der Waals surface area contributed by atoms with Crippen molar-refractivity contribution in [2.45, 2.75) is 6.92 Å². The maximum Gasteiger partial charge on any atom is 0.280 e. The molecular weight excluding hydrogens is 270 g/mol. The number of amides is 2. The number of aromatic nitrogens is 1. The number of hydrogen-bond donors (Lipinski definition) is 1. The summed E-state index contributed by atoms with van der Waals surface area (Å²) in [7, 11) is -3.33. The highest BCUT2D eigenvalue weighted by atomic mass is 32.2. The van der Waals surface area contributed by atoms with E-state index in [1.54, 1.807) is 6.07 Å². The van der Waals surface area contributed by atoms with Crippen LogP contribution in [0.3, 0.4) is 0 Å². The Hall–Kier alpha value is -1.80. The van der Waals surface area contributed by atoms with Crippen molar-refractivity contribution >= 4 is 21.8 Å². The first-order valence-electron chi connectivity index (χ1n) is 5.75. The summed E-state index contributed by atoms with van der Waals surface area (Å²) in [5.74, 6) is -0.975. The minimum absolute atomic E-state index is 0.00163. The largest absolute Gasteiger partial charge is 0.280 e. The first-order chi connectivity index (χ1) is 8.96. The number of fused-ring (bicyclic) bond motifs is 1. The van der Waals surface area contributed by atoms with E-state index >= 15 is 0 Å². The molecular formula is C11H13N3O4S. The van der Waals surface area contributed by atoms with Gasteiger partial charge in [-0.05, 0) is 19.1 Å². The van der Waals surface area contributed by atoms with Gasteiger partial charge in [-0.3, -0.25) is 19.5 Å². The van der Waals surface area contributed by atoms with Gasteiger partial charge in [0.25, 0.3) is 11.8 Å². The van der Waals surface area contributed by atoms with Gasteiger partial charge in [0.2, 0.25) is 10.0 Å². The summed E-state index contributed by atoms with van der Waals surface area (Å²) in [4.78, 5) is 28.7. The van der Waals surface area contributed by atoms with E-state index in [2.05, 4.69) is 9.71 Å². The summed E-state index contributed by atoms with van der Waals surface area (Å²) < 4.78 is 24.8. The van der Waals surface area contributed by atoms with Crippen molar-refractivity contribution in [2.24, 2.45) is 0 Å². The van der Waals surface area contributed by atoms with Gasteiger partial charge >= 0.3 is 0 Å². The van der Waals surface area contributed by atoms with Gasteiger partial charge in [-0.15, -0.1) is 0 Å². The van der Waals surface area contributed by atoms with Crippen molar-refractivity contribution in [3.63, 3.8) is 0 Å². The number of hydrogen-bond acceptors (Lipinski definition) is 5. The third-order valence-corrected chi connectivity index (χ3v) is 4.17. The monoisotopic (exact) mass is 283 g/mol. The van der Waals surface area contributed by atoms with Crippen LogP contribution in [-0.4, -0.2) is 49.0 Å². The van der Waals surface area contributed by atoms with Gasteiger partial charge in [0, 0.05) is 19.3 Å². The standard InChI is InChI=1S/C11H13N3O4S/c1-2-19(17,18)13-6-7-14-10(15)8-4-3-5-12-9(8)11(14)16/h3-5,13H,2,6-7H2,1H3. The zero-order chi connectivity index (χ0) is 14.0. The minimum atomic E-state index is -3.33. The van der Waals surface area contributed by atoms with Gasteiger partial charge in [-0.25, -0.2) is 13.1 Å². The molecule has 1 N–H and O–H groups in total. The number of nitrogens with one attached hydrogen (secondary N) is 1. The lowest BCUT2D eigenvalue weighted by molar-refractivity contribution is 0.0655. The minimum Gasteiger partial charge on any atom is -0.272 e. The molecule has 0 aromatic carbocycles. The lowest BCUT2D eigenvalue weighted by Crippen LogP contribution is -2.38. The number of carbonyl (C=O) groups excluding carboxylic acids is 2. The number of sulfonamides is 1. The van der Waals surface area contributed by atoms with Crippen LogP contribution in [-0.2, 0) is 10.0 Å². The van der Waals surface area contributed by atoms with Gasteiger partial charge in [-0.2, -0.15) is 0 Å². The van der Waals surface area contributed by atoms with E-state index in [-0.39, 0.29) is 30.1 Å². The Labute approximate surface area is 110 Å². The molecule has 2 rings (SSSR count). The van der Waals surface area contributed by atoms with Crippen LogP contribution in [0.5, 0.6) is 0 Å². The highest BCUT2D eigenvalue weighted by Crippen LogP contribution is 2.19. The topological polar surface area (TPSA) is 96.4 Å². The molecule has 0 saturated heterocycles. The van der Waals surface area contributed by atoms with E-state index in [9.17, 15) is 18.0 Å². The van der Waals surface area contributed by atoms with Crippen molar-refractivity contribution in [3.8, 4) is 0 Å². The van der Waals surface area contributed by atoms with Crippen LogP contribution >= 0.6 is 0 Å². The van der Waals surface area contributed by atoms with E-state index in [4.69, 9.17) is 0 Å². The normalized spacial score (nSPS) is 14.9. The summed E-state index contributed by atoms with van der Waals surface area (Å²) in [6, 6.07) is 3.10. The van der Waals surface area contributed by atoms with Crippen LogP contribution in [0.2, 0.25) is 0 Å². The molecule has 1 aliphatic rings. The molecule has 2 heterocycles. The first kappa shape index (κ1) is 13.6. The summed E-state index contributed by atoms with van der Waals surface area (Å²) in [5, 5.41) is 0. The van der Waals surface area contributed by atoms with Gasteiger partial charge in [0.05, 0.1) is 11.3 Å². The van der Waals surface area contributed by atoms with Crippen molar-refractivity contribution in [1.29, 1.82) is 0 Å². The van der Waals surface area contributed by atoms with E-state index in [1.807, 2.05) is 0 Å². The fourth-order valence-electron chi connectivity index (χ4n) is 1.73. The molecule has 0 fully saturated rings. The quantitative estimate of drug-likeness (QED) is 0.743. The second kappa shape index (κ2) is 5.06. The molecule has 0 atom stereocenters. The number of nitrogens with zero attached hydrogens (tertiary/aromatic N) is 2. The molecule has 0 radical (unpaired) electrons. The second-order valence-electron chi connectivity index (χ2n) is 3.96. The number of pyridine rings is 1. The van der Waals surface area contributed by atoms with E-state index in [1.165, 1.54) is 19.2 Å². The molecule has 0 unspecified atom stereocenters. The Kier molecular flexibility index (Phi) is 3.63. The van der Waals surface area contributed by atoms with Crippen LogP contribution in [0.4, 0.5) is 0 Å². The maximum atomic E-state index is 11.9. The molecule has 19 heavy (non-hydrogen) atoms. The average molecular weight is 283 g/mol. The van der Waals surface area contributed by atoms with Crippen LogP contribution in [0.15, 0.2) is 18.3 Å². The Morgan fingerprint density at radius 3 is 2.68 bits per heavy atom.